The summed E-state index contributed by atoms with van der Waals surface area (Å²) in [5, 5.41) is 1.97. The molecule has 3 N–H and O–H groups in total. The van der Waals surface area contributed by atoms with Crippen LogP contribution < -0.4 is 25.3 Å². The van der Waals surface area contributed by atoms with Crippen LogP contribution in [-0.2, 0) is 0 Å². The van der Waals surface area contributed by atoms with Gasteiger partial charge in [0.1, 0.15) is 22.8 Å². The number of halogens is 5. The second-order valence-electron chi connectivity index (χ2n) is 6.45. The second-order valence-corrected chi connectivity index (χ2v) is 6.85. The van der Waals surface area contributed by atoms with Gasteiger partial charge in [0, 0.05) is 18.0 Å². The van der Waals surface area contributed by atoms with Crippen molar-refractivity contribution in [1.29, 1.82) is 0 Å². The summed E-state index contributed by atoms with van der Waals surface area (Å²) in [6.07, 6.45) is -3.73. The van der Waals surface area contributed by atoms with E-state index in [1.165, 1.54) is 24.4 Å². The van der Waals surface area contributed by atoms with Crippen LogP contribution in [0.15, 0.2) is 48.7 Å². The van der Waals surface area contributed by atoms with Crippen molar-refractivity contribution < 1.29 is 41.4 Å². The average Bonchev–Trinajstić information content (AvgIpc) is 2.76. The highest BCUT2D eigenvalue weighted by Gasteiger charge is 2.31. The van der Waals surface area contributed by atoms with Crippen molar-refractivity contribution in [2.24, 2.45) is 5.73 Å². The lowest BCUT2D eigenvalue weighted by Gasteiger charge is -2.16. The first kappa shape index (κ1) is 24.6. The van der Waals surface area contributed by atoms with Crippen LogP contribution in [0.5, 0.6) is 23.0 Å². The first-order valence-electron chi connectivity index (χ1n) is 9.15. The molecule has 13 heteroatoms. The van der Waals surface area contributed by atoms with E-state index >= 15 is 0 Å². The molecular weight excluding hydrogens is 486 g/mol. The van der Waals surface area contributed by atoms with Gasteiger partial charge < -0.3 is 25.3 Å². The van der Waals surface area contributed by atoms with Gasteiger partial charge in [-0.3, -0.25) is 14.6 Å². The lowest BCUT2D eigenvalue weighted by atomic mass is 10.1. The summed E-state index contributed by atoms with van der Waals surface area (Å²) >= 11 is 5.81. The summed E-state index contributed by atoms with van der Waals surface area (Å²) in [6, 6.07) is 7.73. The molecule has 3 aromatic rings. The predicted molar refractivity (Wildman–Crippen MR) is 112 cm³/mol. The molecule has 2 aromatic carbocycles. The highest BCUT2D eigenvalue weighted by Crippen LogP contribution is 2.38. The molecule has 0 aliphatic heterocycles. The molecule has 0 saturated heterocycles. The minimum atomic E-state index is -4.93. The zero-order chi connectivity index (χ0) is 25.0. The number of methoxy groups -OCH3 is 1. The number of benzene rings is 2. The van der Waals surface area contributed by atoms with E-state index in [-0.39, 0.29) is 28.6 Å². The Balaban J connectivity index is 1.95. The molecule has 1 heterocycles. The zero-order valence-electron chi connectivity index (χ0n) is 17.1. The van der Waals surface area contributed by atoms with Gasteiger partial charge in [-0.1, -0.05) is 11.6 Å². The summed E-state index contributed by atoms with van der Waals surface area (Å²) < 4.78 is 66.6. The Morgan fingerprint density at radius 3 is 2.41 bits per heavy atom. The zero-order valence-corrected chi connectivity index (χ0v) is 17.8. The van der Waals surface area contributed by atoms with Crippen molar-refractivity contribution in [1.82, 2.24) is 4.98 Å². The van der Waals surface area contributed by atoms with Crippen LogP contribution in [0.4, 0.5) is 23.2 Å². The van der Waals surface area contributed by atoms with E-state index in [4.69, 9.17) is 26.8 Å². The van der Waals surface area contributed by atoms with Gasteiger partial charge >= 0.3 is 6.36 Å². The first-order valence-corrected chi connectivity index (χ1v) is 9.53. The summed E-state index contributed by atoms with van der Waals surface area (Å²) in [6.45, 7) is 0. The molecule has 0 fully saturated rings. The van der Waals surface area contributed by atoms with E-state index in [2.05, 4.69) is 15.0 Å². The van der Waals surface area contributed by atoms with Gasteiger partial charge in [-0.2, -0.15) is 0 Å². The highest BCUT2D eigenvalue weighted by molar-refractivity contribution is 6.31. The minimum absolute atomic E-state index is 0.0744. The number of carbonyl (C=O) groups is 2. The number of aromatic nitrogens is 1. The molecule has 8 nitrogen and oxygen atoms in total. The van der Waals surface area contributed by atoms with Crippen LogP contribution in [0.1, 0.15) is 20.8 Å². The number of hydrogen-bond donors (Lipinski definition) is 2. The summed E-state index contributed by atoms with van der Waals surface area (Å²) in [5.74, 6) is -4.23. The Labute approximate surface area is 194 Å². The number of alkyl halides is 3. The monoisotopic (exact) mass is 499 g/mol. The van der Waals surface area contributed by atoms with Crippen LogP contribution >= 0.6 is 11.6 Å². The predicted octanol–water partition coefficient (Wildman–Crippen LogP) is 4.92. The highest BCUT2D eigenvalue weighted by atomic mass is 35.5. The molecule has 0 aliphatic rings. The maximum atomic E-state index is 14.8. The third-order valence-corrected chi connectivity index (χ3v) is 4.43. The summed E-state index contributed by atoms with van der Waals surface area (Å²) in [7, 11) is 1.16. The Morgan fingerprint density at radius 1 is 1.06 bits per heavy atom. The molecule has 0 bridgehead atoms. The second kappa shape index (κ2) is 9.83. The van der Waals surface area contributed by atoms with Crippen molar-refractivity contribution in [3.8, 4) is 23.0 Å². The fraction of sp³-hybridized carbons (Fsp3) is 0.0952. The van der Waals surface area contributed by atoms with E-state index in [0.717, 1.165) is 31.4 Å². The number of carbonyl (C=O) groups excluding carboxylic acids is 2. The largest absolute Gasteiger partial charge is 0.573 e. The van der Waals surface area contributed by atoms with Gasteiger partial charge in [0.05, 0.1) is 12.1 Å². The van der Waals surface area contributed by atoms with Gasteiger partial charge in [-0.15, -0.1) is 13.2 Å². The average molecular weight is 500 g/mol. The summed E-state index contributed by atoms with van der Waals surface area (Å²) in [4.78, 5) is 27.9. The molecule has 3 rings (SSSR count). The van der Waals surface area contributed by atoms with Gasteiger partial charge in [0.2, 0.25) is 0 Å². The number of pyridine rings is 1. The molecule has 2 amide bonds. The Morgan fingerprint density at radius 2 is 1.76 bits per heavy atom. The topological polar surface area (TPSA) is 113 Å². The third-order valence-electron chi connectivity index (χ3n) is 4.14. The molecule has 0 saturated carbocycles. The van der Waals surface area contributed by atoms with E-state index in [1.807, 2.05) is 0 Å². The van der Waals surface area contributed by atoms with Crippen molar-refractivity contribution in [2.45, 2.75) is 6.36 Å². The first-order chi connectivity index (χ1) is 16.0. The van der Waals surface area contributed by atoms with Crippen molar-refractivity contribution in [2.75, 3.05) is 12.4 Å². The van der Waals surface area contributed by atoms with E-state index < -0.39 is 40.3 Å². The maximum absolute atomic E-state index is 14.8. The van der Waals surface area contributed by atoms with Crippen molar-refractivity contribution in [3.05, 3.63) is 70.8 Å². The number of amides is 2. The van der Waals surface area contributed by atoms with Crippen LogP contribution in [-0.4, -0.2) is 30.3 Å². The molecule has 34 heavy (non-hydrogen) atoms. The van der Waals surface area contributed by atoms with Gasteiger partial charge in [-0.05, 0) is 36.4 Å². The molecule has 0 aliphatic carbocycles. The normalized spacial score (nSPS) is 11.0. The van der Waals surface area contributed by atoms with E-state index in [9.17, 15) is 27.2 Å². The van der Waals surface area contributed by atoms with Crippen LogP contribution in [0, 0.1) is 5.82 Å². The number of anilines is 1. The number of nitrogens with two attached hydrogens (primary N) is 1. The third kappa shape index (κ3) is 5.84. The lowest BCUT2D eigenvalue weighted by Crippen LogP contribution is -2.17. The van der Waals surface area contributed by atoms with Crippen LogP contribution in [0.3, 0.4) is 0 Å². The Bertz CT molecular complexity index is 1250. The van der Waals surface area contributed by atoms with Gasteiger partial charge in [0.15, 0.2) is 17.3 Å². The molecule has 0 spiro atoms. The standard InChI is InChI=1S/C21H14ClF4N3O5/c1-32-16-9-11(34-21(24,25)26)2-4-14(16)33-15-5-3-12(22)18(23)17(15)20(31)29-10-6-7-28-13(8-10)19(27)30/h2-9H,1H3,(H2,27,30)(H,28,29,31). The fourth-order valence-corrected chi connectivity index (χ4v) is 2.87. The maximum Gasteiger partial charge on any atom is 0.573 e. The molecule has 0 atom stereocenters. The van der Waals surface area contributed by atoms with Crippen molar-refractivity contribution in [3.63, 3.8) is 0 Å². The smallest absolute Gasteiger partial charge is 0.493 e. The molecule has 1 aromatic heterocycles. The van der Waals surface area contributed by atoms with Gasteiger partial charge in [-0.25, -0.2) is 4.39 Å². The minimum Gasteiger partial charge on any atom is -0.493 e. The molecule has 0 unspecified atom stereocenters. The van der Waals surface area contributed by atoms with Gasteiger partial charge in [0.25, 0.3) is 11.8 Å². The van der Waals surface area contributed by atoms with Crippen molar-refractivity contribution >= 4 is 29.1 Å². The molecule has 0 radical (unpaired) electrons. The van der Waals surface area contributed by atoms with Crippen LogP contribution in [0.25, 0.3) is 0 Å². The molecular formula is C21H14ClF4N3O5. The number of ether oxygens (including phenoxy) is 3. The number of nitrogens with one attached hydrogen (secondary N) is 1. The number of rotatable bonds is 7. The summed E-state index contributed by atoms with van der Waals surface area (Å²) in [5.41, 5.74) is 4.46. The van der Waals surface area contributed by atoms with E-state index in [1.54, 1.807) is 0 Å². The fourth-order valence-electron chi connectivity index (χ4n) is 2.71. The molecule has 178 valence electrons. The van der Waals surface area contributed by atoms with Crippen LogP contribution in [0.2, 0.25) is 5.02 Å². The Kier molecular flexibility index (Phi) is 7.11. The quantitative estimate of drug-likeness (QED) is 0.446. The SMILES string of the molecule is COc1cc(OC(F)(F)F)ccc1Oc1ccc(Cl)c(F)c1C(=O)Nc1ccnc(C(N)=O)c1. The lowest BCUT2D eigenvalue weighted by molar-refractivity contribution is -0.274. The van der Waals surface area contributed by atoms with E-state index in [0.29, 0.717) is 0 Å². The number of hydrogen-bond acceptors (Lipinski definition) is 6. The number of primary amides is 1. The Hall–Kier alpha value is -4.06. The number of nitrogens with zero attached hydrogens (tertiary/aromatic N) is 1.